The number of aromatic nitrogens is 3. The number of hydrogen-bond donors (Lipinski definition) is 2. The van der Waals surface area contributed by atoms with Crippen molar-refractivity contribution in [3.63, 3.8) is 0 Å². The molecule has 192 valence electrons. The number of aromatic carboxylic acids is 1. The van der Waals surface area contributed by atoms with E-state index < -0.39 is 5.97 Å². The predicted octanol–water partition coefficient (Wildman–Crippen LogP) is 5.53. The molecule has 0 saturated heterocycles. The van der Waals surface area contributed by atoms with Gasteiger partial charge >= 0.3 is 5.97 Å². The largest absolute Gasteiger partial charge is 0.477 e. The number of oxazole rings is 1. The fourth-order valence-corrected chi connectivity index (χ4v) is 4.96. The van der Waals surface area contributed by atoms with Gasteiger partial charge in [0.1, 0.15) is 11.1 Å². The number of carboxylic acids is 1. The lowest BCUT2D eigenvalue weighted by Crippen LogP contribution is -2.43. The second-order valence-corrected chi connectivity index (χ2v) is 10.2. The van der Waals surface area contributed by atoms with Gasteiger partial charge in [-0.15, -0.1) is 5.10 Å². The van der Waals surface area contributed by atoms with Crippen molar-refractivity contribution in [1.82, 2.24) is 14.8 Å². The monoisotopic (exact) mass is 501 g/mol. The molecule has 9 nitrogen and oxygen atoms in total. The fourth-order valence-electron chi connectivity index (χ4n) is 4.96. The van der Waals surface area contributed by atoms with Crippen LogP contribution in [-0.4, -0.2) is 37.8 Å². The van der Waals surface area contributed by atoms with Gasteiger partial charge in [-0.1, -0.05) is 6.92 Å². The van der Waals surface area contributed by atoms with E-state index in [0.29, 0.717) is 34.3 Å². The Hall–Kier alpha value is -4.14. The molecule has 1 saturated carbocycles. The lowest BCUT2D eigenvalue weighted by molar-refractivity contribution is -0.124. The Labute approximate surface area is 214 Å². The van der Waals surface area contributed by atoms with Crippen LogP contribution in [-0.2, 0) is 4.79 Å². The smallest absolute Gasteiger partial charge is 0.341 e. The molecule has 2 heterocycles. The first-order valence-electron chi connectivity index (χ1n) is 12.6. The van der Waals surface area contributed by atoms with Crippen LogP contribution in [0.2, 0.25) is 0 Å². The highest BCUT2D eigenvalue weighted by atomic mass is 16.4. The molecule has 0 aliphatic heterocycles. The Bertz CT molecular complexity index is 1450. The Morgan fingerprint density at radius 1 is 1.11 bits per heavy atom. The van der Waals surface area contributed by atoms with Crippen molar-refractivity contribution in [3.8, 4) is 17.1 Å². The molecule has 3 N–H and O–H groups in total. The van der Waals surface area contributed by atoms with Crippen molar-refractivity contribution in [2.45, 2.75) is 52.5 Å². The average Bonchev–Trinajstić information content (AvgIpc) is 3.49. The van der Waals surface area contributed by atoms with Gasteiger partial charge in [-0.2, -0.15) is 0 Å². The first kappa shape index (κ1) is 24.5. The molecule has 1 fully saturated rings. The van der Waals surface area contributed by atoms with E-state index in [1.54, 1.807) is 23.1 Å². The number of carboxylic acid groups (broad SMARTS) is 1. The van der Waals surface area contributed by atoms with Crippen LogP contribution >= 0.6 is 0 Å². The number of hydrogen-bond acceptors (Lipinski definition) is 6. The number of anilines is 2. The van der Waals surface area contributed by atoms with Gasteiger partial charge in [-0.25, -0.2) is 14.5 Å². The number of nitrogen functional groups attached to an aromatic ring is 1. The summed E-state index contributed by atoms with van der Waals surface area (Å²) in [6.07, 6.45) is 5.09. The van der Waals surface area contributed by atoms with Crippen LogP contribution in [0.15, 0.2) is 53.1 Å². The highest BCUT2D eigenvalue weighted by molar-refractivity contribution is 6.01. The van der Waals surface area contributed by atoms with E-state index in [1.807, 2.05) is 38.1 Å². The summed E-state index contributed by atoms with van der Waals surface area (Å²) in [5, 5.41) is 14.5. The molecule has 0 bridgehead atoms. The highest BCUT2D eigenvalue weighted by Gasteiger charge is 2.34. The van der Waals surface area contributed by atoms with E-state index in [-0.39, 0.29) is 29.2 Å². The Morgan fingerprint density at radius 3 is 2.46 bits per heavy atom. The molecule has 37 heavy (non-hydrogen) atoms. The molecule has 0 spiro atoms. The number of nitrogens with two attached hydrogens (primary N) is 1. The van der Waals surface area contributed by atoms with Crippen LogP contribution in [0.3, 0.4) is 0 Å². The van der Waals surface area contributed by atoms with Crippen LogP contribution in [0, 0.1) is 11.8 Å². The maximum absolute atomic E-state index is 13.5. The summed E-state index contributed by atoms with van der Waals surface area (Å²) in [5.74, 6) is -0.0527. The third-order valence-corrected chi connectivity index (χ3v) is 7.06. The molecule has 2 aromatic carbocycles. The van der Waals surface area contributed by atoms with Gasteiger partial charge in [0, 0.05) is 29.4 Å². The zero-order valence-corrected chi connectivity index (χ0v) is 21.2. The van der Waals surface area contributed by atoms with Crippen molar-refractivity contribution in [3.05, 3.63) is 54.2 Å². The van der Waals surface area contributed by atoms with Crippen molar-refractivity contribution < 1.29 is 19.1 Å². The summed E-state index contributed by atoms with van der Waals surface area (Å²) in [6.45, 7) is 5.98. The van der Waals surface area contributed by atoms with E-state index in [4.69, 9.17) is 10.2 Å². The molecule has 2 aromatic heterocycles. The second kappa shape index (κ2) is 9.72. The number of rotatable bonds is 6. The number of fused-ring (bicyclic) bond motifs is 1. The highest BCUT2D eigenvalue weighted by Crippen LogP contribution is 2.33. The summed E-state index contributed by atoms with van der Waals surface area (Å²) in [4.78, 5) is 31.7. The molecule has 9 heteroatoms. The van der Waals surface area contributed by atoms with E-state index in [2.05, 4.69) is 17.0 Å². The number of carbonyl (C=O) groups excluding carboxylic acids is 1. The number of carbonyl (C=O) groups is 2. The van der Waals surface area contributed by atoms with Crippen LogP contribution in [0.4, 0.5) is 11.5 Å². The SMILES string of the molecule is CC1CCC(C(=O)N(c2nn(-c3ccc(-c4nc5cc(N)ccc5o4)cc3)cc2C(=O)O)C(C)C)CC1. The molecule has 5 rings (SSSR count). The number of nitrogens with zero attached hydrogens (tertiary/aromatic N) is 4. The molecule has 0 unspecified atom stereocenters. The number of amides is 1. The van der Waals surface area contributed by atoms with Crippen LogP contribution in [0.1, 0.15) is 56.8 Å². The summed E-state index contributed by atoms with van der Waals surface area (Å²) in [5.41, 5.74) is 9.17. The van der Waals surface area contributed by atoms with E-state index in [1.165, 1.54) is 10.9 Å². The topological polar surface area (TPSA) is 127 Å². The van der Waals surface area contributed by atoms with Gasteiger partial charge in [0.25, 0.3) is 0 Å². The zero-order chi connectivity index (χ0) is 26.3. The summed E-state index contributed by atoms with van der Waals surface area (Å²) >= 11 is 0. The zero-order valence-electron chi connectivity index (χ0n) is 21.2. The quantitative estimate of drug-likeness (QED) is 0.333. The van der Waals surface area contributed by atoms with Crippen molar-refractivity contribution in [2.24, 2.45) is 11.8 Å². The molecule has 1 aliphatic carbocycles. The van der Waals surface area contributed by atoms with Crippen molar-refractivity contribution >= 4 is 34.5 Å². The minimum atomic E-state index is -1.13. The Balaban J connectivity index is 1.46. The van der Waals surface area contributed by atoms with Gasteiger partial charge in [0.05, 0.1) is 5.69 Å². The van der Waals surface area contributed by atoms with Gasteiger partial charge in [-0.05, 0) is 87.9 Å². The average molecular weight is 502 g/mol. The maximum atomic E-state index is 13.5. The molecule has 1 aliphatic rings. The lowest BCUT2D eigenvalue weighted by Gasteiger charge is -2.32. The van der Waals surface area contributed by atoms with Gasteiger partial charge < -0.3 is 15.3 Å². The first-order chi connectivity index (χ1) is 17.7. The second-order valence-electron chi connectivity index (χ2n) is 10.2. The molecule has 0 atom stereocenters. The van der Waals surface area contributed by atoms with E-state index in [0.717, 1.165) is 31.2 Å². The Morgan fingerprint density at radius 2 is 1.81 bits per heavy atom. The minimum absolute atomic E-state index is 0.00755. The fraction of sp³-hybridized carbons (Fsp3) is 0.357. The molecular formula is C28H31N5O4. The molecule has 1 amide bonds. The minimum Gasteiger partial charge on any atom is -0.477 e. The van der Waals surface area contributed by atoms with Gasteiger partial charge in [-0.3, -0.25) is 9.69 Å². The van der Waals surface area contributed by atoms with Gasteiger partial charge in [0.15, 0.2) is 11.4 Å². The van der Waals surface area contributed by atoms with E-state index >= 15 is 0 Å². The molecule has 4 aromatic rings. The summed E-state index contributed by atoms with van der Waals surface area (Å²) < 4.78 is 7.35. The van der Waals surface area contributed by atoms with E-state index in [9.17, 15) is 14.7 Å². The summed E-state index contributed by atoms with van der Waals surface area (Å²) in [6, 6.07) is 12.4. The molecular weight excluding hydrogens is 470 g/mol. The van der Waals surface area contributed by atoms with Gasteiger partial charge in [0.2, 0.25) is 11.8 Å². The Kier molecular flexibility index (Phi) is 6.45. The van der Waals surface area contributed by atoms with Crippen LogP contribution in [0.5, 0.6) is 0 Å². The normalized spacial score (nSPS) is 17.8. The lowest BCUT2D eigenvalue weighted by atomic mass is 9.82. The maximum Gasteiger partial charge on any atom is 0.341 e. The van der Waals surface area contributed by atoms with Crippen LogP contribution in [0.25, 0.3) is 28.2 Å². The third-order valence-electron chi connectivity index (χ3n) is 7.06. The molecule has 0 radical (unpaired) electrons. The van der Waals surface area contributed by atoms with Crippen molar-refractivity contribution in [1.29, 1.82) is 0 Å². The standard InChI is InChI=1S/C28H31N5O4/c1-16(2)33(27(34)19-6-4-17(3)5-7-19)25-22(28(35)36)15-32(31-25)21-11-8-18(9-12-21)26-30-23-14-20(29)10-13-24(23)37-26/h8-17,19H,4-7,29H2,1-3H3,(H,35,36). The van der Waals surface area contributed by atoms with Crippen LogP contribution < -0.4 is 10.6 Å². The summed E-state index contributed by atoms with van der Waals surface area (Å²) in [7, 11) is 0. The van der Waals surface area contributed by atoms with Crippen molar-refractivity contribution in [2.75, 3.05) is 10.6 Å². The predicted molar refractivity (Wildman–Crippen MR) is 142 cm³/mol. The third kappa shape index (κ3) is 4.81. The first-order valence-corrected chi connectivity index (χ1v) is 12.6. The number of benzene rings is 2.